The Morgan fingerprint density at radius 3 is 0.471 bits per heavy atom. The summed E-state index contributed by atoms with van der Waals surface area (Å²) in [5, 5.41) is 20.6. The van der Waals surface area contributed by atoms with Crippen LogP contribution < -0.4 is 19.6 Å². The third kappa shape index (κ3) is 12.9. The highest BCUT2D eigenvalue weighted by Gasteiger charge is 2.34. The molecule has 0 aliphatic heterocycles. The molecule has 0 atom stereocenters. The Morgan fingerprint density at radius 1 is 0.110 bits per heavy atom. The highest BCUT2D eigenvalue weighted by molar-refractivity contribution is 6.41. The molecule has 0 fully saturated rings. The molecule has 0 aromatic heterocycles. The van der Waals surface area contributed by atoms with E-state index in [1.54, 1.807) is 0 Å². The number of hydrogen-bond donors (Lipinski definition) is 0. The largest absolute Gasteiger partial charge is 0.310 e. The number of rotatable bonds is 12. The molecule has 0 amide bonds. The van der Waals surface area contributed by atoms with Crippen LogP contribution in [0.15, 0.2) is 437 Å². The quantitative estimate of drug-likeness (QED) is 0.0523. The molecular formula is C124H72F8N4. The smallest absolute Gasteiger partial charge is 0.198 e. The first kappa shape index (κ1) is 80.6. The molecule has 0 N–H and O–H groups in total. The Hall–Kier alpha value is -17.5. The van der Waals surface area contributed by atoms with Crippen LogP contribution in [0, 0.1) is 46.5 Å². The van der Waals surface area contributed by atoms with Crippen molar-refractivity contribution in [2.75, 3.05) is 19.6 Å². The van der Waals surface area contributed by atoms with Crippen molar-refractivity contribution >= 4 is 241 Å². The molecule has 136 heavy (non-hydrogen) atoms. The van der Waals surface area contributed by atoms with Gasteiger partial charge in [-0.15, -0.1) is 0 Å². The highest BCUT2D eigenvalue weighted by atomic mass is 19.2. The lowest BCUT2D eigenvalue weighted by atomic mass is 9.86. The second kappa shape index (κ2) is 32.2. The van der Waals surface area contributed by atoms with Gasteiger partial charge < -0.3 is 19.6 Å². The number of para-hydroxylation sites is 2. The SMILES string of the molecule is Fc1c(F)c(F)c2c3cc(N(c4ccc5ccccc5c4)c4ccc5ccccc5c4)c4ccccc4c3c3c4ccccc4c(N(c4ccc5ccccc5c4)c4ccc5ccccc5c4)cc3c2c1F.Fc1c(F)c(F)c2c3cc(N(c4ccccc4)c4ccc5ccccc5c4)c4ccccc4c3c3c4ccccc4c(N(c4ccccc4)c4ccc5ccccc5c4)cc3c2c1F. The first-order valence-corrected chi connectivity index (χ1v) is 45.0. The Morgan fingerprint density at radius 2 is 0.272 bits per heavy atom. The molecule has 0 spiro atoms. The molecule has 0 saturated heterocycles. The molecule has 0 unspecified atom stereocenters. The lowest BCUT2D eigenvalue weighted by molar-refractivity contribution is 0.418. The van der Waals surface area contributed by atoms with E-state index in [1.165, 1.54) is 0 Å². The summed E-state index contributed by atoms with van der Waals surface area (Å²) in [5.74, 6) is -13.3. The van der Waals surface area contributed by atoms with E-state index >= 15 is 35.1 Å². The van der Waals surface area contributed by atoms with E-state index < -0.39 is 46.5 Å². The molecule has 26 rings (SSSR count). The molecule has 644 valence electrons. The van der Waals surface area contributed by atoms with Gasteiger partial charge in [0.25, 0.3) is 0 Å². The van der Waals surface area contributed by atoms with Crippen LogP contribution in [-0.2, 0) is 0 Å². The van der Waals surface area contributed by atoms with E-state index in [-0.39, 0.29) is 43.1 Å². The van der Waals surface area contributed by atoms with Crippen molar-refractivity contribution in [2.24, 2.45) is 0 Å². The maximum Gasteiger partial charge on any atom is 0.198 e. The van der Waals surface area contributed by atoms with Gasteiger partial charge in [0.2, 0.25) is 0 Å². The fourth-order valence-electron chi connectivity index (χ4n) is 21.1. The second-order valence-electron chi connectivity index (χ2n) is 34.7. The van der Waals surface area contributed by atoms with Gasteiger partial charge in [-0.3, -0.25) is 0 Å². The fourth-order valence-corrected chi connectivity index (χ4v) is 21.1. The summed E-state index contributed by atoms with van der Waals surface area (Å²) >= 11 is 0. The predicted octanol–water partition coefficient (Wildman–Crippen LogP) is 36.8. The topological polar surface area (TPSA) is 13.0 Å². The van der Waals surface area contributed by atoms with Crippen LogP contribution in [0.2, 0.25) is 0 Å². The van der Waals surface area contributed by atoms with Crippen LogP contribution in [-0.4, -0.2) is 0 Å². The highest BCUT2D eigenvalue weighted by Crippen LogP contribution is 2.56. The summed E-state index contributed by atoms with van der Waals surface area (Å²) in [6.07, 6.45) is 0. The van der Waals surface area contributed by atoms with Gasteiger partial charge in [-0.1, -0.05) is 315 Å². The number of benzene rings is 26. The van der Waals surface area contributed by atoms with Crippen molar-refractivity contribution < 1.29 is 35.1 Å². The third-order valence-corrected chi connectivity index (χ3v) is 27.1. The molecule has 0 radical (unpaired) electrons. The van der Waals surface area contributed by atoms with Crippen molar-refractivity contribution in [2.45, 2.75) is 0 Å². The molecule has 26 aromatic rings. The monoisotopic (exact) mass is 1770 g/mol. The first-order chi connectivity index (χ1) is 66.8. The maximum absolute atomic E-state index is 17.4. The number of hydrogen-bond acceptors (Lipinski definition) is 4. The molecule has 0 aliphatic carbocycles. The van der Waals surface area contributed by atoms with E-state index in [9.17, 15) is 0 Å². The molecule has 4 nitrogen and oxygen atoms in total. The number of anilines is 12. The van der Waals surface area contributed by atoms with Gasteiger partial charge in [0.1, 0.15) is 0 Å². The van der Waals surface area contributed by atoms with Crippen molar-refractivity contribution in [1.82, 2.24) is 0 Å². The van der Waals surface area contributed by atoms with Crippen molar-refractivity contribution in [3.8, 4) is 0 Å². The molecule has 0 saturated carbocycles. The van der Waals surface area contributed by atoms with E-state index in [1.807, 2.05) is 279 Å². The molecular weight excluding hydrogens is 1700 g/mol. The number of halogens is 8. The van der Waals surface area contributed by atoms with Gasteiger partial charge in [-0.05, 0) is 251 Å². The zero-order chi connectivity index (χ0) is 91.2. The first-order valence-electron chi connectivity index (χ1n) is 45.0. The summed E-state index contributed by atoms with van der Waals surface area (Å²) in [4.78, 5) is 8.41. The van der Waals surface area contributed by atoms with Crippen LogP contribution in [0.1, 0.15) is 0 Å². The third-order valence-electron chi connectivity index (χ3n) is 27.1. The minimum atomic E-state index is -1.87. The Labute approximate surface area is 773 Å². The van der Waals surface area contributed by atoms with Gasteiger partial charge in [0, 0.05) is 88.6 Å². The van der Waals surface area contributed by atoms with Crippen LogP contribution in [0.5, 0.6) is 0 Å². The van der Waals surface area contributed by atoms with E-state index in [0.717, 1.165) is 153 Å². The maximum atomic E-state index is 17.4. The minimum absolute atomic E-state index is 0.242. The summed E-state index contributed by atoms with van der Waals surface area (Å²) in [5.41, 5.74) is 9.18. The predicted molar refractivity (Wildman–Crippen MR) is 551 cm³/mol. The lowest BCUT2D eigenvalue weighted by Crippen LogP contribution is -2.12. The van der Waals surface area contributed by atoms with Gasteiger partial charge in [0.05, 0.1) is 22.7 Å². The average Bonchev–Trinajstić information content (AvgIpc) is 0.693. The van der Waals surface area contributed by atoms with Crippen molar-refractivity contribution in [3.63, 3.8) is 0 Å². The molecule has 0 aliphatic rings. The molecule has 0 bridgehead atoms. The number of fused-ring (bicyclic) bond motifs is 26. The van der Waals surface area contributed by atoms with Crippen LogP contribution >= 0.6 is 0 Å². The minimum Gasteiger partial charge on any atom is -0.310 e. The van der Waals surface area contributed by atoms with E-state index in [0.29, 0.717) is 44.3 Å². The summed E-state index contributed by atoms with van der Waals surface area (Å²) in [6, 6.07) is 144. The van der Waals surface area contributed by atoms with Gasteiger partial charge in [-0.2, -0.15) is 0 Å². The summed E-state index contributed by atoms with van der Waals surface area (Å²) in [6.45, 7) is 0. The van der Waals surface area contributed by atoms with Gasteiger partial charge in [0.15, 0.2) is 46.5 Å². The van der Waals surface area contributed by atoms with Gasteiger partial charge in [-0.25, -0.2) is 35.1 Å². The summed E-state index contributed by atoms with van der Waals surface area (Å²) < 4.78 is 133. The second-order valence-corrected chi connectivity index (χ2v) is 34.7. The van der Waals surface area contributed by atoms with E-state index in [4.69, 9.17) is 0 Å². The Kier molecular flexibility index (Phi) is 19.1. The average molecular weight is 1770 g/mol. The van der Waals surface area contributed by atoms with Crippen LogP contribution in [0.3, 0.4) is 0 Å². The van der Waals surface area contributed by atoms with Gasteiger partial charge >= 0.3 is 0 Å². The van der Waals surface area contributed by atoms with Crippen LogP contribution in [0.4, 0.5) is 103 Å². The standard InChI is InChI=1S/C66H38F4N2.C58H34F4N2/c67-63-61-55-37-57(71(47-29-25-39-13-1-5-17-43(39)33-47)48-30-26-40-14-2-6-18-44(40)34-48)51-21-9-11-23-53(51)59(55)60-54-24-12-10-22-52(54)58(38-56(60)62(61)64(68)66(70)65(63)69)72(49-31-27-41-15-3-7-19-45(41)35-49)50-32-28-42-16-4-8-20-46(42)36-50;59-55-53-47-33-49(63(39-19-3-1-4-20-39)41-29-27-35-15-7-9-17-37(35)31-41)43-23-11-13-25-45(43)51(47)52-46-26-14-12-24-44(46)50(34-48(52)54(53)56(60)58(62)57(55)61)64(40-21-5-2-6-22-40)42-30-28-36-16-8-10-18-38(36)32-42/h1-38H;1-34H. The zero-order valence-corrected chi connectivity index (χ0v) is 72.4. The number of nitrogens with zero attached hydrogens (tertiary/aromatic N) is 4. The summed E-state index contributed by atoms with van der Waals surface area (Å²) in [7, 11) is 0. The Balaban J connectivity index is 0.000000146. The van der Waals surface area contributed by atoms with Crippen molar-refractivity contribution in [1.29, 1.82) is 0 Å². The van der Waals surface area contributed by atoms with E-state index in [2.05, 4.69) is 177 Å². The normalized spacial score (nSPS) is 11.8. The van der Waals surface area contributed by atoms with Crippen molar-refractivity contribution in [3.05, 3.63) is 483 Å². The zero-order valence-electron chi connectivity index (χ0n) is 72.4. The molecule has 12 heteroatoms. The van der Waals surface area contributed by atoms with Crippen LogP contribution in [0.25, 0.3) is 172 Å². The fraction of sp³-hybridized carbons (Fsp3) is 0. The Bertz CT molecular complexity index is 8840. The molecule has 26 aromatic carbocycles. The lowest BCUT2D eigenvalue weighted by Gasteiger charge is -2.30. The molecule has 0 heterocycles.